The van der Waals surface area contributed by atoms with Gasteiger partial charge >= 0.3 is 0 Å². The molecule has 1 aromatic carbocycles. The number of benzene rings is 1. The van der Waals surface area contributed by atoms with Gasteiger partial charge in [-0.3, -0.25) is 10.1 Å². The van der Waals surface area contributed by atoms with Gasteiger partial charge in [-0.1, -0.05) is 11.6 Å². The van der Waals surface area contributed by atoms with Crippen LogP contribution in [-0.2, 0) is 4.74 Å². The number of nitrogens with one attached hydrogen (secondary N) is 1. The molecule has 1 atom stereocenters. The molecule has 6 heteroatoms. The summed E-state index contributed by atoms with van der Waals surface area (Å²) in [5, 5.41) is 14.2. The quantitative estimate of drug-likeness (QED) is 0.680. The summed E-state index contributed by atoms with van der Waals surface area (Å²) in [4.78, 5) is 10.3. The van der Waals surface area contributed by atoms with Crippen molar-refractivity contribution in [2.45, 2.75) is 19.8 Å². The zero-order valence-corrected chi connectivity index (χ0v) is 11.6. The predicted molar refractivity (Wildman–Crippen MR) is 74.9 cm³/mol. The van der Waals surface area contributed by atoms with Gasteiger partial charge in [0.05, 0.1) is 11.5 Å². The molecular weight excluding hydrogens is 268 g/mol. The Morgan fingerprint density at radius 1 is 1.58 bits per heavy atom. The maximum Gasteiger partial charge on any atom is 0.288 e. The summed E-state index contributed by atoms with van der Waals surface area (Å²) >= 11 is 5.91. The van der Waals surface area contributed by atoms with E-state index in [0.29, 0.717) is 5.92 Å². The SMILES string of the molecule is Cc1cc([N+](=O)[O-])c(Cl)cc1NCC1CCCOC1. The first-order chi connectivity index (χ1) is 9.08. The molecule has 0 radical (unpaired) electrons. The van der Waals surface area contributed by atoms with Gasteiger partial charge in [0, 0.05) is 24.9 Å². The molecule has 1 fully saturated rings. The molecule has 1 heterocycles. The van der Waals surface area contributed by atoms with Crippen molar-refractivity contribution in [3.8, 4) is 0 Å². The Kier molecular flexibility index (Phi) is 4.61. The van der Waals surface area contributed by atoms with Crippen LogP contribution in [0.1, 0.15) is 18.4 Å². The number of anilines is 1. The van der Waals surface area contributed by atoms with Gasteiger partial charge in [-0.25, -0.2) is 0 Å². The molecule has 0 spiro atoms. The lowest BCUT2D eigenvalue weighted by atomic mass is 10.0. The Bertz CT molecular complexity index is 473. The topological polar surface area (TPSA) is 64.4 Å². The van der Waals surface area contributed by atoms with Gasteiger partial charge in [0.25, 0.3) is 5.69 Å². The van der Waals surface area contributed by atoms with Gasteiger partial charge in [0.2, 0.25) is 0 Å². The summed E-state index contributed by atoms with van der Waals surface area (Å²) in [6.07, 6.45) is 2.24. The predicted octanol–water partition coefficient (Wildman–Crippen LogP) is 3.40. The van der Waals surface area contributed by atoms with Crippen LogP contribution in [0, 0.1) is 23.0 Å². The first kappa shape index (κ1) is 14.1. The minimum atomic E-state index is -0.464. The molecule has 104 valence electrons. The molecule has 5 nitrogen and oxygen atoms in total. The van der Waals surface area contributed by atoms with Crippen LogP contribution in [0.2, 0.25) is 5.02 Å². The van der Waals surface area contributed by atoms with Gasteiger partial charge < -0.3 is 10.1 Å². The summed E-state index contributed by atoms with van der Waals surface area (Å²) in [6.45, 7) is 4.25. The van der Waals surface area contributed by atoms with Crippen LogP contribution < -0.4 is 5.32 Å². The molecule has 0 amide bonds. The summed E-state index contributed by atoms with van der Waals surface area (Å²) in [7, 11) is 0. The molecule has 0 aromatic heterocycles. The van der Waals surface area contributed by atoms with Crippen molar-refractivity contribution >= 4 is 23.0 Å². The highest BCUT2D eigenvalue weighted by Gasteiger charge is 2.17. The molecule has 1 N–H and O–H groups in total. The van der Waals surface area contributed by atoms with Crippen molar-refractivity contribution < 1.29 is 9.66 Å². The van der Waals surface area contributed by atoms with Gasteiger partial charge in [0.1, 0.15) is 5.02 Å². The van der Waals surface area contributed by atoms with Crippen LogP contribution >= 0.6 is 11.6 Å². The standard InChI is InChI=1S/C13H17ClN2O3/c1-9-5-13(16(17)18)11(14)6-12(9)15-7-10-3-2-4-19-8-10/h5-6,10,15H,2-4,7-8H2,1H3. The maximum atomic E-state index is 10.8. The highest BCUT2D eigenvalue weighted by Crippen LogP contribution is 2.30. The van der Waals surface area contributed by atoms with Crippen LogP contribution in [-0.4, -0.2) is 24.7 Å². The largest absolute Gasteiger partial charge is 0.384 e. The van der Waals surface area contributed by atoms with E-state index in [1.54, 1.807) is 6.07 Å². The Morgan fingerprint density at radius 2 is 2.37 bits per heavy atom. The third kappa shape index (κ3) is 3.58. The van der Waals surface area contributed by atoms with E-state index in [1.807, 2.05) is 6.92 Å². The smallest absolute Gasteiger partial charge is 0.288 e. The lowest BCUT2D eigenvalue weighted by molar-refractivity contribution is -0.384. The van der Waals surface area contributed by atoms with Crippen LogP contribution in [0.3, 0.4) is 0 Å². The Balaban J connectivity index is 2.04. The Morgan fingerprint density at radius 3 is 3.00 bits per heavy atom. The first-order valence-corrected chi connectivity index (χ1v) is 6.72. The fourth-order valence-electron chi connectivity index (χ4n) is 2.22. The van der Waals surface area contributed by atoms with Gasteiger partial charge in [-0.05, 0) is 37.3 Å². The average Bonchev–Trinajstić information content (AvgIpc) is 2.40. The second-order valence-corrected chi connectivity index (χ2v) is 5.25. The first-order valence-electron chi connectivity index (χ1n) is 6.34. The number of aryl methyl sites for hydroxylation is 1. The number of nitrogens with zero attached hydrogens (tertiary/aromatic N) is 1. The Hall–Kier alpha value is -1.33. The highest BCUT2D eigenvalue weighted by atomic mass is 35.5. The zero-order chi connectivity index (χ0) is 13.8. The number of ether oxygens (including phenoxy) is 1. The van der Waals surface area contributed by atoms with E-state index in [4.69, 9.17) is 16.3 Å². The molecule has 0 bridgehead atoms. The van der Waals surface area contributed by atoms with Gasteiger partial charge in [0.15, 0.2) is 0 Å². The second kappa shape index (κ2) is 6.21. The summed E-state index contributed by atoms with van der Waals surface area (Å²) in [5.74, 6) is 0.488. The van der Waals surface area contributed by atoms with Crippen molar-refractivity contribution in [1.82, 2.24) is 0 Å². The zero-order valence-electron chi connectivity index (χ0n) is 10.8. The molecule has 0 aliphatic carbocycles. The minimum Gasteiger partial charge on any atom is -0.384 e. The number of halogens is 1. The second-order valence-electron chi connectivity index (χ2n) is 4.84. The van der Waals surface area contributed by atoms with Crippen molar-refractivity contribution in [2.24, 2.45) is 5.92 Å². The molecule has 1 unspecified atom stereocenters. The molecule has 19 heavy (non-hydrogen) atoms. The van der Waals surface area contributed by atoms with Crippen LogP contribution in [0.5, 0.6) is 0 Å². The molecule has 1 aliphatic rings. The lowest BCUT2D eigenvalue weighted by Gasteiger charge is -2.23. The minimum absolute atomic E-state index is 0.0503. The number of rotatable bonds is 4. The van der Waals surface area contributed by atoms with Crippen molar-refractivity contribution in [3.05, 3.63) is 32.8 Å². The molecular formula is C13H17ClN2O3. The van der Waals surface area contributed by atoms with Crippen molar-refractivity contribution in [2.75, 3.05) is 25.1 Å². The van der Waals surface area contributed by atoms with E-state index in [9.17, 15) is 10.1 Å². The number of hydrogen-bond donors (Lipinski definition) is 1. The fourth-order valence-corrected chi connectivity index (χ4v) is 2.45. The fraction of sp³-hybridized carbons (Fsp3) is 0.538. The highest BCUT2D eigenvalue weighted by molar-refractivity contribution is 6.33. The molecule has 1 aliphatic heterocycles. The number of nitro groups is 1. The molecule has 1 aromatic rings. The molecule has 0 saturated carbocycles. The number of nitro benzene ring substituents is 1. The molecule has 2 rings (SSSR count). The Labute approximate surface area is 117 Å². The van der Waals surface area contributed by atoms with E-state index in [0.717, 1.165) is 43.9 Å². The summed E-state index contributed by atoms with van der Waals surface area (Å²) < 4.78 is 5.42. The van der Waals surface area contributed by atoms with Crippen LogP contribution in [0.15, 0.2) is 12.1 Å². The normalized spacial score (nSPS) is 19.2. The van der Waals surface area contributed by atoms with E-state index in [1.165, 1.54) is 6.07 Å². The van der Waals surface area contributed by atoms with Crippen LogP contribution in [0.4, 0.5) is 11.4 Å². The van der Waals surface area contributed by atoms with E-state index < -0.39 is 4.92 Å². The average molecular weight is 285 g/mol. The van der Waals surface area contributed by atoms with Gasteiger partial charge in [-0.2, -0.15) is 0 Å². The monoisotopic (exact) mass is 284 g/mol. The van der Waals surface area contributed by atoms with E-state index in [2.05, 4.69) is 5.32 Å². The van der Waals surface area contributed by atoms with Crippen LogP contribution in [0.25, 0.3) is 0 Å². The van der Waals surface area contributed by atoms with E-state index in [-0.39, 0.29) is 10.7 Å². The van der Waals surface area contributed by atoms with Crippen molar-refractivity contribution in [3.63, 3.8) is 0 Å². The summed E-state index contributed by atoms with van der Waals surface area (Å²) in [6, 6.07) is 3.13. The number of hydrogen-bond acceptors (Lipinski definition) is 4. The maximum absolute atomic E-state index is 10.8. The lowest BCUT2D eigenvalue weighted by Crippen LogP contribution is -2.24. The van der Waals surface area contributed by atoms with Crippen molar-refractivity contribution in [1.29, 1.82) is 0 Å². The summed E-state index contributed by atoms with van der Waals surface area (Å²) in [5.41, 5.74) is 1.62. The third-order valence-electron chi connectivity index (χ3n) is 3.33. The van der Waals surface area contributed by atoms with E-state index >= 15 is 0 Å². The molecule has 1 saturated heterocycles. The van der Waals surface area contributed by atoms with Gasteiger partial charge in [-0.15, -0.1) is 0 Å². The third-order valence-corrected chi connectivity index (χ3v) is 3.63.